The maximum Gasteiger partial charge on any atom is 0.411 e. The van der Waals surface area contributed by atoms with Crippen LogP contribution in [-0.2, 0) is 0 Å². The summed E-state index contributed by atoms with van der Waals surface area (Å²) in [6.45, 7) is 1.46. The summed E-state index contributed by atoms with van der Waals surface area (Å²) in [4.78, 5) is 10.9. The van der Waals surface area contributed by atoms with Crippen LogP contribution in [0.25, 0.3) is 0 Å². The molecule has 1 aromatic rings. The fourth-order valence-corrected chi connectivity index (χ4v) is 2.42. The molecular weight excluding hydrogens is 257 g/mol. The molecule has 8 heteroatoms. The first kappa shape index (κ1) is 12.2. The zero-order chi connectivity index (χ0) is 12.8. The summed E-state index contributed by atoms with van der Waals surface area (Å²) >= 11 is 0.746. The maximum atomic E-state index is 12.7. The Morgan fingerprint density at radius 3 is 2.53 bits per heavy atom. The fraction of sp³-hybridized carbons (Fsp3) is 0.556. The van der Waals surface area contributed by atoms with Crippen molar-refractivity contribution in [1.82, 2.24) is 4.37 Å². The van der Waals surface area contributed by atoms with Crippen LogP contribution in [0.2, 0.25) is 0 Å². The predicted octanol–water partition coefficient (Wildman–Crippen LogP) is 2.66. The highest BCUT2D eigenvalue weighted by Gasteiger charge is 2.64. The van der Waals surface area contributed by atoms with Crippen LogP contribution >= 0.6 is 11.5 Å². The van der Waals surface area contributed by atoms with Crippen LogP contribution in [0, 0.1) is 6.92 Å². The van der Waals surface area contributed by atoms with Crippen LogP contribution in [0.4, 0.5) is 18.2 Å². The SMILES string of the molecule is Cc1nsc(NC2(C(F)(F)F)CC2)c1C(=O)O. The van der Waals surface area contributed by atoms with Gasteiger partial charge in [-0.25, -0.2) is 4.79 Å². The minimum Gasteiger partial charge on any atom is -0.478 e. The number of carbonyl (C=O) groups is 1. The molecule has 17 heavy (non-hydrogen) atoms. The van der Waals surface area contributed by atoms with Crippen molar-refractivity contribution in [1.29, 1.82) is 0 Å². The Kier molecular flexibility index (Phi) is 2.57. The molecule has 0 atom stereocenters. The average Bonchev–Trinajstić information content (AvgIpc) is 2.85. The lowest BCUT2D eigenvalue weighted by Gasteiger charge is -2.20. The largest absolute Gasteiger partial charge is 0.478 e. The molecule has 4 nitrogen and oxygen atoms in total. The predicted molar refractivity (Wildman–Crippen MR) is 55.5 cm³/mol. The molecule has 1 aromatic heterocycles. The monoisotopic (exact) mass is 266 g/mol. The van der Waals surface area contributed by atoms with E-state index in [1.165, 1.54) is 6.92 Å². The summed E-state index contributed by atoms with van der Waals surface area (Å²) in [5.41, 5.74) is -1.91. The molecule has 94 valence electrons. The molecule has 1 aliphatic carbocycles. The van der Waals surface area contributed by atoms with E-state index < -0.39 is 17.7 Å². The summed E-state index contributed by atoms with van der Waals surface area (Å²) in [7, 11) is 0. The van der Waals surface area contributed by atoms with Gasteiger partial charge in [0.1, 0.15) is 16.1 Å². The molecule has 0 radical (unpaired) electrons. The van der Waals surface area contributed by atoms with E-state index in [-0.39, 0.29) is 29.1 Å². The Morgan fingerprint density at radius 1 is 1.53 bits per heavy atom. The maximum absolute atomic E-state index is 12.7. The number of hydrogen-bond donors (Lipinski definition) is 2. The van der Waals surface area contributed by atoms with Crippen molar-refractivity contribution in [3.63, 3.8) is 0 Å². The van der Waals surface area contributed by atoms with Gasteiger partial charge in [0, 0.05) is 0 Å². The molecule has 0 bridgehead atoms. The van der Waals surface area contributed by atoms with Gasteiger partial charge in [-0.05, 0) is 31.3 Å². The van der Waals surface area contributed by atoms with Crippen LogP contribution in [0.3, 0.4) is 0 Å². The van der Waals surface area contributed by atoms with Gasteiger partial charge >= 0.3 is 12.1 Å². The zero-order valence-electron chi connectivity index (χ0n) is 8.76. The van der Waals surface area contributed by atoms with E-state index in [2.05, 4.69) is 9.69 Å². The minimum atomic E-state index is -4.37. The van der Waals surface area contributed by atoms with Gasteiger partial charge < -0.3 is 10.4 Å². The molecule has 2 N–H and O–H groups in total. The number of rotatable bonds is 3. The lowest BCUT2D eigenvalue weighted by Crippen LogP contribution is -2.38. The molecule has 0 saturated heterocycles. The highest BCUT2D eigenvalue weighted by molar-refractivity contribution is 7.10. The van der Waals surface area contributed by atoms with E-state index >= 15 is 0 Å². The number of carboxylic acid groups (broad SMARTS) is 1. The van der Waals surface area contributed by atoms with E-state index in [0.29, 0.717) is 0 Å². The first-order chi connectivity index (χ1) is 7.77. The lowest BCUT2D eigenvalue weighted by atomic mass is 10.2. The Morgan fingerprint density at radius 2 is 2.12 bits per heavy atom. The van der Waals surface area contributed by atoms with Crippen LogP contribution in [0.5, 0.6) is 0 Å². The third-order valence-corrected chi connectivity index (χ3v) is 3.58. The van der Waals surface area contributed by atoms with E-state index in [9.17, 15) is 18.0 Å². The van der Waals surface area contributed by atoms with Gasteiger partial charge in [0.25, 0.3) is 0 Å². The van der Waals surface area contributed by atoms with E-state index in [1.807, 2.05) is 0 Å². The molecule has 0 amide bonds. The second-order valence-corrected chi connectivity index (χ2v) is 4.76. The number of anilines is 1. The summed E-state index contributed by atoms with van der Waals surface area (Å²) < 4.78 is 41.8. The van der Waals surface area contributed by atoms with E-state index in [0.717, 1.165) is 11.5 Å². The number of aryl methyl sites for hydroxylation is 1. The Balaban J connectivity index is 2.29. The average molecular weight is 266 g/mol. The van der Waals surface area contributed by atoms with E-state index in [1.54, 1.807) is 0 Å². The molecule has 0 unspecified atom stereocenters. The molecule has 1 saturated carbocycles. The molecule has 0 spiro atoms. The second-order valence-electron chi connectivity index (χ2n) is 3.98. The summed E-state index contributed by atoms with van der Waals surface area (Å²) in [6, 6.07) is 0. The Hall–Kier alpha value is -1.31. The molecule has 1 fully saturated rings. The Labute approximate surface area is 98.6 Å². The second kappa shape index (κ2) is 3.59. The van der Waals surface area contributed by atoms with Crippen molar-refractivity contribution in [3.05, 3.63) is 11.3 Å². The van der Waals surface area contributed by atoms with Gasteiger partial charge in [-0.15, -0.1) is 0 Å². The van der Waals surface area contributed by atoms with Gasteiger partial charge in [-0.2, -0.15) is 17.5 Å². The number of nitrogens with one attached hydrogen (secondary N) is 1. The van der Waals surface area contributed by atoms with Crippen molar-refractivity contribution in [2.24, 2.45) is 0 Å². The molecule has 0 aromatic carbocycles. The lowest BCUT2D eigenvalue weighted by molar-refractivity contribution is -0.151. The van der Waals surface area contributed by atoms with Crippen LogP contribution in [0.1, 0.15) is 28.9 Å². The van der Waals surface area contributed by atoms with Crippen LogP contribution in [-0.4, -0.2) is 27.2 Å². The van der Waals surface area contributed by atoms with Gasteiger partial charge in [0.05, 0.1) is 5.69 Å². The van der Waals surface area contributed by atoms with Gasteiger partial charge in [-0.1, -0.05) is 0 Å². The van der Waals surface area contributed by atoms with Crippen molar-refractivity contribution >= 4 is 22.5 Å². The van der Waals surface area contributed by atoms with Crippen molar-refractivity contribution in [3.8, 4) is 0 Å². The topological polar surface area (TPSA) is 62.2 Å². The number of alkyl halides is 3. The third kappa shape index (κ3) is 1.97. The number of halogens is 3. The van der Waals surface area contributed by atoms with Gasteiger partial charge in [0.2, 0.25) is 0 Å². The minimum absolute atomic E-state index is 0.0233. The molecular formula is C9H9F3N2O2S. The molecule has 2 rings (SSSR count). The van der Waals surface area contributed by atoms with Gasteiger partial charge in [0.15, 0.2) is 0 Å². The van der Waals surface area contributed by atoms with E-state index in [4.69, 9.17) is 5.11 Å². The highest BCUT2D eigenvalue weighted by Crippen LogP contribution is 2.52. The van der Waals surface area contributed by atoms with Crippen molar-refractivity contribution in [2.75, 3.05) is 5.32 Å². The number of carboxylic acids is 1. The molecule has 1 aliphatic rings. The quantitative estimate of drug-likeness (QED) is 0.882. The first-order valence-electron chi connectivity index (χ1n) is 4.81. The van der Waals surface area contributed by atoms with Crippen molar-refractivity contribution in [2.45, 2.75) is 31.5 Å². The standard InChI is InChI=1S/C9H9F3N2O2S/c1-4-5(7(15)16)6(17-14-4)13-8(2-3-8)9(10,11)12/h13H,2-3H2,1H3,(H,15,16). The normalized spacial score (nSPS) is 17.9. The van der Waals surface area contributed by atoms with Gasteiger partial charge in [-0.3, -0.25) is 0 Å². The summed E-state index contributed by atoms with van der Waals surface area (Å²) in [5.74, 6) is -1.27. The molecule has 1 heterocycles. The summed E-state index contributed by atoms with van der Waals surface area (Å²) in [6.07, 6.45) is -4.44. The molecule has 0 aliphatic heterocycles. The third-order valence-electron chi connectivity index (χ3n) is 2.72. The number of aromatic carboxylic acids is 1. The smallest absolute Gasteiger partial charge is 0.411 e. The fourth-order valence-electron chi connectivity index (χ4n) is 1.53. The number of hydrogen-bond acceptors (Lipinski definition) is 4. The van der Waals surface area contributed by atoms with Crippen molar-refractivity contribution < 1.29 is 23.1 Å². The van der Waals surface area contributed by atoms with Crippen LogP contribution < -0.4 is 5.32 Å². The zero-order valence-corrected chi connectivity index (χ0v) is 9.58. The number of nitrogens with zero attached hydrogens (tertiary/aromatic N) is 1. The van der Waals surface area contributed by atoms with Crippen LogP contribution in [0.15, 0.2) is 0 Å². The highest BCUT2D eigenvalue weighted by atomic mass is 32.1. The first-order valence-corrected chi connectivity index (χ1v) is 5.59. The Bertz CT molecular complexity index is 465. The number of aromatic nitrogens is 1. The summed E-state index contributed by atoms with van der Waals surface area (Å²) in [5, 5.41) is 11.2.